The minimum atomic E-state index is 0.152. The van der Waals surface area contributed by atoms with Crippen molar-refractivity contribution < 1.29 is 9.32 Å². The highest BCUT2D eigenvalue weighted by Gasteiger charge is 2.27. The van der Waals surface area contributed by atoms with E-state index in [1.165, 1.54) is 11.3 Å². The van der Waals surface area contributed by atoms with Crippen molar-refractivity contribution in [3.63, 3.8) is 0 Å². The molecule has 0 N–H and O–H groups in total. The molecule has 1 atom stereocenters. The van der Waals surface area contributed by atoms with E-state index in [1.807, 2.05) is 4.90 Å². The van der Waals surface area contributed by atoms with Crippen LogP contribution in [0.15, 0.2) is 34.9 Å². The van der Waals surface area contributed by atoms with Gasteiger partial charge in [-0.2, -0.15) is 0 Å². The van der Waals surface area contributed by atoms with Crippen molar-refractivity contribution in [1.82, 2.24) is 10.1 Å². The molecule has 1 aliphatic heterocycles. The third kappa shape index (κ3) is 3.73. The maximum Gasteiger partial charge on any atom is 0.223 e. The highest BCUT2D eigenvalue weighted by molar-refractivity contribution is 6.29. The monoisotopic (exact) mass is 347 g/mol. The molecule has 0 aliphatic carbocycles. The number of rotatable bonds is 4. The zero-order valence-electron chi connectivity index (χ0n) is 14.0. The van der Waals surface area contributed by atoms with Crippen LogP contribution < -0.4 is 4.90 Å². The van der Waals surface area contributed by atoms with Crippen molar-refractivity contribution in [2.24, 2.45) is 0 Å². The number of carbonyl (C=O) groups is 1. The summed E-state index contributed by atoms with van der Waals surface area (Å²) in [6.45, 7) is 6.68. The lowest BCUT2D eigenvalue weighted by Crippen LogP contribution is -2.54. The molecule has 1 aliphatic rings. The van der Waals surface area contributed by atoms with Gasteiger partial charge >= 0.3 is 0 Å². The van der Waals surface area contributed by atoms with Crippen LogP contribution >= 0.6 is 11.6 Å². The molecule has 1 saturated heterocycles. The van der Waals surface area contributed by atoms with Gasteiger partial charge in [0.25, 0.3) is 0 Å². The number of benzene rings is 1. The van der Waals surface area contributed by atoms with Crippen molar-refractivity contribution in [2.75, 3.05) is 24.5 Å². The summed E-state index contributed by atoms with van der Waals surface area (Å²) in [5.74, 6) is 0.805. The van der Waals surface area contributed by atoms with Gasteiger partial charge in [0.15, 0.2) is 5.15 Å². The minimum Gasteiger partial charge on any atom is -0.367 e. The summed E-state index contributed by atoms with van der Waals surface area (Å²) < 4.78 is 5.06. The van der Waals surface area contributed by atoms with Crippen molar-refractivity contribution in [1.29, 1.82) is 0 Å². The molecule has 5 nitrogen and oxygen atoms in total. The molecule has 0 spiro atoms. The molecule has 128 valence electrons. The molecule has 6 heteroatoms. The van der Waals surface area contributed by atoms with Crippen LogP contribution in [0.2, 0.25) is 5.15 Å². The number of hydrogen-bond donors (Lipinski definition) is 0. The average Bonchev–Trinajstić information content (AvgIpc) is 2.98. The molecule has 2 heterocycles. The molecule has 1 aromatic carbocycles. The van der Waals surface area contributed by atoms with Crippen molar-refractivity contribution >= 4 is 23.2 Å². The van der Waals surface area contributed by atoms with Crippen molar-refractivity contribution in [3.05, 3.63) is 46.8 Å². The Labute approximate surface area is 147 Å². The molecule has 1 aromatic heterocycles. The Morgan fingerprint density at radius 1 is 1.38 bits per heavy atom. The van der Waals surface area contributed by atoms with E-state index in [0.29, 0.717) is 23.8 Å². The fourth-order valence-corrected chi connectivity index (χ4v) is 3.40. The Morgan fingerprint density at radius 2 is 2.17 bits per heavy atom. The summed E-state index contributed by atoms with van der Waals surface area (Å²) in [4.78, 5) is 16.8. The average molecular weight is 348 g/mol. The SMILES string of the molecule is Cc1ccccc1N1CCN(C(=O)CCc2cc(Cl)no2)C(C)C1. The molecule has 0 saturated carbocycles. The normalized spacial score (nSPS) is 18.0. The standard InChI is InChI=1S/C18H22ClN3O2/c1-13-5-3-4-6-16(13)21-9-10-22(14(2)12-21)18(23)8-7-15-11-17(19)20-24-15/h3-6,11,14H,7-10,12H2,1-2H3. The van der Waals surface area contributed by atoms with Crippen LogP contribution in [0.3, 0.4) is 0 Å². The van der Waals surface area contributed by atoms with Gasteiger partial charge in [-0.05, 0) is 25.5 Å². The number of nitrogens with zero attached hydrogens (tertiary/aromatic N) is 3. The zero-order valence-corrected chi connectivity index (χ0v) is 14.8. The maximum absolute atomic E-state index is 12.5. The van der Waals surface area contributed by atoms with Gasteiger partial charge in [-0.3, -0.25) is 4.79 Å². The number of aryl methyl sites for hydroxylation is 2. The van der Waals surface area contributed by atoms with Crippen molar-refractivity contribution in [3.8, 4) is 0 Å². The fourth-order valence-electron chi connectivity index (χ4n) is 3.24. The van der Waals surface area contributed by atoms with Gasteiger partial charge in [-0.1, -0.05) is 35.0 Å². The lowest BCUT2D eigenvalue weighted by atomic mass is 10.1. The first-order valence-electron chi connectivity index (χ1n) is 8.25. The van der Waals surface area contributed by atoms with E-state index in [4.69, 9.17) is 16.1 Å². The summed E-state index contributed by atoms with van der Waals surface area (Å²) in [6, 6.07) is 10.2. The lowest BCUT2D eigenvalue weighted by Gasteiger charge is -2.41. The molecular weight excluding hydrogens is 326 g/mol. The number of halogens is 1. The van der Waals surface area contributed by atoms with Crippen LogP contribution in [0, 0.1) is 6.92 Å². The molecule has 0 bridgehead atoms. The predicted octanol–water partition coefficient (Wildman–Crippen LogP) is 3.31. The number of piperazine rings is 1. The van der Waals surface area contributed by atoms with E-state index in [2.05, 4.69) is 48.2 Å². The smallest absolute Gasteiger partial charge is 0.223 e. The van der Waals surface area contributed by atoms with E-state index in [-0.39, 0.29) is 11.9 Å². The second-order valence-electron chi connectivity index (χ2n) is 6.28. The van der Waals surface area contributed by atoms with Gasteiger partial charge in [0.2, 0.25) is 5.91 Å². The zero-order chi connectivity index (χ0) is 17.1. The second-order valence-corrected chi connectivity index (χ2v) is 6.67. The molecule has 1 amide bonds. The summed E-state index contributed by atoms with van der Waals surface area (Å²) in [5.41, 5.74) is 2.53. The largest absolute Gasteiger partial charge is 0.367 e. The molecular formula is C18H22ClN3O2. The maximum atomic E-state index is 12.5. The number of amides is 1. The first kappa shape index (κ1) is 16.8. The Morgan fingerprint density at radius 3 is 2.83 bits per heavy atom. The predicted molar refractivity (Wildman–Crippen MR) is 94.4 cm³/mol. The van der Waals surface area contributed by atoms with Gasteiger partial charge in [0, 0.05) is 50.3 Å². The second kappa shape index (κ2) is 7.26. The van der Waals surface area contributed by atoms with Gasteiger partial charge in [-0.25, -0.2) is 0 Å². The Kier molecular flexibility index (Phi) is 5.09. The first-order valence-corrected chi connectivity index (χ1v) is 8.63. The number of para-hydroxylation sites is 1. The van der Waals surface area contributed by atoms with E-state index in [9.17, 15) is 4.79 Å². The molecule has 2 aromatic rings. The molecule has 1 fully saturated rings. The van der Waals surface area contributed by atoms with Gasteiger partial charge in [0.1, 0.15) is 5.76 Å². The number of hydrogen-bond acceptors (Lipinski definition) is 4. The minimum absolute atomic E-state index is 0.152. The number of aromatic nitrogens is 1. The van der Waals surface area contributed by atoms with E-state index < -0.39 is 0 Å². The lowest BCUT2D eigenvalue weighted by molar-refractivity contribution is -0.133. The first-order chi connectivity index (χ1) is 11.5. The molecule has 24 heavy (non-hydrogen) atoms. The number of carbonyl (C=O) groups excluding carboxylic acids is 1. The van der Waals surface area contributed by atoms with Crippen molar-refractivity contribution in [2.45, 2.75) is 32.7 Å². The van der Waals surface area contributed by atoms with Crippen LogP contribution in [0.25, 0.3) is 0 Å². The highest BCUT2D eigenvalue weighted by Crippen LogP contribution is 2.23. The van der Waals surface area contributed by atoms with Gasteiger partial charge < -0.3 is 14.3 Å². The third-order valence-corrected chi connectivity index (χ3v) is 4.70. The fraction of sp³-hybridized carbons (Fsp3) is 0.444. The van der Waals surface area contributed by atoms with Crippen LogP contribution in [0.5, 0.6) is 0 Å². The van der Waals surface area contributed by atoms with Gasteiger partial charge in [0.05, 0.1) is 0 Å². The van der Waals surface area contributed by atoms with Crippen LogP contribution in [-0.2, 0) is 11.2 Å². The summed E-state index contributed by atoms with van der Waals surface area (Å²) in [7, 11) is 0. The summed E-state index contributed by atoms with van der Waals surface area (Å²) >= 11 is 5.73. The Balaban J connectivity index is 1.57. The topological polar surface area (TPSA) is 49.6 Å². The quantitative estimate of drug-likeness (QED) is 0.851. The number of anilines is 1. The third-order valence-electron chi connectivity index (χ3n) is 4.52. The molecule has 3 rings (SSSR count). The summed E-state index contributed by atoms with van der Waals surface area (Å²) in [5, 5.41) is 3.96. The molecule has 1 unspecified atom stereocenters. The van der Waals surface area contributed by atoms with Crippen LogP contribution in [0.1, 0.15) is 24.7 Å². The van der Waals surface area contributed by atoms with E-state index >= 15 is 0 Å². The Bertz CT molecular complexity index is 716. The summed E-state index contributed by atoms with van der Waals surface area (Å²) in [6.07, 6.45) is 0.948. The van der Waals surface area contributed by atoms with E-state index in [0.717, 1.165) is 19.6 Å². The Hall–Kier alpha value is -2.01. The van der Waals surface area contributed by atoms with Crippen LogP contribution in [-0.4, -0.2) is 41.6 Å². The van der Waals surface area contributed by atoms with E-state index in [1.54, 1.807) is 6.07 Å². The van der Waals surface area contributed by atoms with Gasteiger partial charge in [-0.15, -0.1) is 0 Å². The van der Waals surface area contributed by atoms with Crippen LogP contribution in [0.4, 0.5) is 5.69 Å². The highest BCUT2D eigenvalue weighted by atomic mass is 35.5. The molecule has 0 radical (unpaired) electrons.